The van der Waals surface area contributed by atoms with E-state index < -0.39 is 0 Å². The quantitative estimate of drug-likeness (QED) is 0.800. The first-order chi connectivity index (χ1) is 12.3. The van der Waals surface area contributed by atoms with E-state index in [1.165, 1.54) is 5.56 Å². The maximum absolute atomic E-state index is 10.6. The van der Waals surface area contributed by atoms with Crippen molar-refractivity contribution in [2.45, 2.75) is 26.0 Å². The number of nitrogens with zero attached hydrogens (tertiary/aromatic N) is 4. The van der Waals surface area contributed by atoms with E-state index in [4.69, 9.17) is 19.4 Å². The highest BCUT2D eigenvalue weighted by atomic mass is 16.5. The molecule has 0 amide bonds. The van der Waals surface area contributed by atoms with Gasteiger partial charge in [-0.3, -0.25) is 0 Å². The first-order valence-electron chi connectivity index (χ1n) is 8.52. The van der Waals surface area contributed by atoms with Gasteiger partial charge < -0.3 is 14.4 Å². The second-order valence-corrected chi connectivity index (χ2v) is 6.35. The summed E-state index contributed by atoms with van der Waals surface area (Å²) in [5.74, 6) is 1.63. The Morgan fingerprint density at radius 2 is 2.00 bits per heavy atom. The molecule has 25 heavy (non-hydrogen) atoms. The lowest BCUT2D eigenvalue weighted by molar-refractivity contribution is 0.0965. The summed E-state index contributed by atoms with van der Waals surface area (Å²) in [5, 5.41) is 2.94. The molecular formula is C18H20N4O3. The van der Waals surface area contributed by atoms with E-state index in [0.717, 1.165) is 30.0 Å². The highest BCUT2D eigenvalue weighted by Crippen LogP contribution is 2.31. The first-order valence-corrected chi connectivity index (χ1v) is 8.52. The molecular weight excluding hydrogens is 320 g/mol. The molecule has 2 aliphatic heterocycles. The van der Waals surface area contributed by atoms with Gasteiger partial charge in [-0.2, -0.15) is 0 Å². The van der Waals surface area contributed by atoms with Crippen LogP contribution in [0.4, 0.5) is 11.5 Å². The van der Waals surface area contributed by atoms with E-state index in [1.807, 2.05) is 12.1 Å². The second kappa shape index (κ2) is 6.85. The van der Waals surface area contributed by atoms with Crippen molar-refractivity contribution in [1.29, 1.82) is 0 Å². The van der Waals surface area contributed by atoms with Crippen LogP contribution >= 0.6 is 0 Å². The summed E-state index contributed by atoms with van der Waals surface area (Å²) >= 11 is 0. The van der Waals surface area contributed by atoms with Crippen molar-refractivity contribution in [3.05, 3.63) is 40.4 Å². The van der Waals surface area contributed by atoms with E-state index in [1.54, 1.807) is 12.1 Å². The van der Waals surface area contributed by atoms with Gasteiger partial charge in [0.2, 0.25) is 0 Å². The van der Waals surface area contributed by atoms with Crippen LogP contribution in [0.1, 0.15) is 18.2 Å². The minimum Gasteiger partial charge on any atom is -0.377 e. The van der Waals surface area contributed by atoms with E-state index in [2.05, 4.69) is 17.0 Å². The van der Waals surface area contributed by atoms with Gasteiger partial charge in [-0.15, -0.1) is 4.91 Å². The molecule has 0 radical (unpaired) electrons. The molecule has 0 spiro atoms. The van der Waals surface area contributed by atoms with Crippen LogP contribution in [-0.2, 0) is 22.5 Å². The molecule has 0 N–H and O–H groups in total. The summed E-state index contributed by atoms with van der Waals surface area (Å²) in [4.78, 5) is 22.5. The van der Waals surface area contributed by atoms with Gasteiger partial charge in [-0.25, -0.2) is 9.97 Å². The zero-order valence-electron chi connectivity index (χ0n) is 14.1. The summed E-state index contributed by atoms with van der Waals surface area (Å²) in [6.07, 6.45) is 0.822. The summed E-state index contributed by atoms with van der Waals surface area (Å²) in [7, 11) is 0. The number of hydrogen-bond acceptors (Lipinski definition) is 7. The van der Waals surface area contributed by atoms with Crippen LogP contribution in [-0.4, -0.2) is 42.4 Å². The number of fused-ring (bicyclic) bond motifs is 1. The van der Waals surface area contributed by atoms with Gasteiger partial charge in [0.1, 0.15) is 11.5 Å². The largest absolute Gasteiger partial charge is 0.377 e. The molecule has 7 heteroatoms. The summed E-state index contributed by atoms with van der Waals surface area (Å²) in [6.45, 7) is 5.57. The summed E-state index contributed by atoms with van der Waals surface area (Å²) in [6, 6.07) is 7.28. The number of nitroso groups, excluding NO2 is 1. The van der Waals surface area contributed by atoms with Crippen molar-refractivity contribution in [1.82, 2.24) is 9.97 Å². The molecule has 130 valence electrons. The summed E-state index contributed by atoms with van der Waals surface area (Å²) in [5.41, 5.74) is 3.38. The van der Waals surface area contributed by atoms with Crippen molar-refractivity contribution in [3.8, 4) is 11.4 Å². The molecule has 1 atom stereocenters. The molecule has 3 heterocycles. The summed E-state index contributed by atoms with van der Waals surface area (Å²) < 4.78 is 11.2. The Kier molecular flexibility index (Phi) is 4.42. The number of anilines is 1. The number of benzene rings is 1. The Balaban J connectivity index is 1.79. The van der Waals surface area contributed by atoms with Crippen molar-refractivity contribution >= 4 is 11.5 Å². The van der Waals surface area contributed by atoms with Crippen LogP contribution in [0.3, 0.4) is 0 Å². The molecule has 1 aromatic heterocycles. The fraction of sp³-hybridized carbons (Fsp3) is 0.444. The zero-order valence-corrected chi connectivity index (χ0v) is 14.1. The predicted molar refractivity (Wildman–Crippen MR) is 93.9 cm³/mol. The topological polar surface area (TPSA) is 76.9 Å². The van der Waals surface area contributed by atoms with Gasteiger partial charge in [0, 0.05) is 24.1 Å². The van der Waals surface area contributed by atoms with Gasteiger partial charge >= 0.3 is 0 Å². The third kappa shape index (κ3) is 3.12. The highest BCUT2D eigenvalue weighted by Gasteiger charge is 2.27. The van der Waals surface area contributed by atoms with Crippen LogP contribution in [0.25, 0.3) is 11.4 Å². The lowest BCUT2D eigenvalue weighted by Crippen LogP contribution is -2.45. The second-order valence-electron chi connectivity index (χ2n) is 6.35. The zero-order chi connectivity index (χ0) is 17.2. The van der Waals surface area contributed by atoms with Crippen LogP contribution in [0.15, 0.2) is 29.4 Å². The number of morpholine rings is 1. The van der Waals surface area contributed by atoms with Gasteiger partial charge in [0.25, 0.3) is 0 Å². The fourth-order valence-electron chi connectivity index (χ4n) is 3.32. The van der Waals surface area contributed by atoms with Gasteiger partial charge in [0.15, 0.2) is 5.82 Å². The molecule has 0 bridgehead atoms. The smallest absolute Gasteiger partial charge is 0.161 e. The van der Waals surface area contributed by atoms with E-state index in [0.29, 0.717) is 37.9 Å². The first kappa shape index (κ1) is 16.1. The molecule has 1 aromatic carbocycles. The SMILES string of the molecule is C[C@H]1COCCN1c1nc(-c2ccc(N=O)cc2)nc2c1CCOC2. The molecule has 1 fully saturated rings. The molecule has 0 saturated carbocycles. The number of ether oxygens (including phenoxy) is 2. The average molecular weight is 340 g/mol. The standard InChI is InChI=1S/C18H20N4O3/c1-12-10-25-9-7-22(12)18-15-6-8-24-11-16(15)19-17(20-18)13-2-4-14(21-23)5-3-13/h2-5,12H,6-11H2,1H3/t12-/m0/s1. The van der Waals surface area contributed by atoms with Crippen LogP contribution in [0, 0.1) is 4.91 Å². The van der Waals surface area contributed by atoms with Crippen molar-refractivity contribution in [2.24, 2.45) is 5.18 Å². The minimum absolute atomic E-state index is 0.269. The van der Waals surface area contributed by atoms with Gasteiger partial charge in [0.05, 0.1) is 38.2 Å². The highest BCUT2D eigenvalue weighted by molar-refractivity contribution is 5.63. The molecule has 2 aromatic rings. The molecule has 0 aliphatic carbocycles. The van der Waals surface area contributed by atoms with Gasteiger partial charge in [-0.1, -0.05) is 0 Å². The van der Waals surface area contributed by atoms with Crippen LogP contribution in [0.5, 0.6) is 0 Å². The Hall–Kier alpha value is -2.38. The maximum atomic E-state index is 10.6. The Morgan fingerprint density at radius 3 is 2.76 bits per heavy atom. The van der Waals surface area contributed by atoms with Crippen molar-refractivity contribution in [2.75, 3.05) is 31.3 Å². The van der Waals surface area contributed by atoms with Gasteiger partial charge in [-0.05, 0) is 36.4 Å². The lowest BCUT2D eigenvalue weighted by Gasteiger charge is -2.36. The average Bonchev–Trinajstić information content (AvgIpc) is 2.68. The van der Waals surface area contributed by atoms with E-state index in [9.17, 15) is 4.91 Å². The maximum Gasteiger partial charge on any atom is 0.161 e. The number of rotatable bonds is 3. The minimum atomic E-state index is 0.269. The normalized spacial score (nSPS) is 20.2. The molecule has 2 aliphatic rings. The fourth-order valence-corrected chi connectivity index (χ4v) is 3.32. The third-order valence-corrected chi connectivity index (χ3v) is 4.68. The van der Waals surface area contributed by atoms with E-state index in [-0.39, 0.29) is 6.04 Å². The molecule has 0 unspecified atom stereocenters. The molecule has 4 rings (SSSR count). The Labute approximate surface area is 146 Å². The number of aromatic nitrogens is 2. The predicted octanol–water partition coefficient (Wildman–Crippen LogP) is 2.84. The molecule has 7 nitrogen and oxygen atoms in total. The molecule has 1 saturated heterocycles. The van der Waals surface area contributed by atoms with Crippen molar-refractivity contribution in [3.63, 3.8) is 0 Å². The van der Waals surface area contributed by atoms with Crippen LogP contribution < -0.4 is 4.90 Å². The van der Waals surface area contributed by atoms with E-state index >= 15 is 0 Å². The monoisotopic (exact) mass is 340 g/mol. The Bertz CT molecular complexity index is 779. The lowest BCUT2D eigenvalue weighted by atomic mass is 10.1. The number of hydrogen-bond donors (Lipinski definition) is 0. The Morgan fingerprint density at radius 1 is 1.16 bits per heavy atom. The van der Waals surface area contributed by atoms with Crippen molar-refractivity contribution < 1.29 is 9.47 Å². The van der Waals surface area contributed by atoms with Crippen LogP contribution in [0.2, 0.25) is 0 Å². The third-order valence-electron chi connectivity index (χ3n) is 4.68.